The molecular formula is C18H28N2O5. The third kappa shape index (κ3) is 11.1. The van der Waals surface area contributed by atoms with Crippen LogP contribution in [0.1, 0.15) is 33.3 Å². The lowest BCUT2D eigenvalue weighted by Gasteiger charge is -2.20. The van der Waals surface area contributed by atoms with Crippen molar-refractivity contribution < 1.29 is 23.8 Å². The molecule has 7 nitrogen and oxygen atoms in total. The monoisotopic (exact) mass is 352 g/mol. The zero-order valence-electron chi connectivity index (χ0n) is 15.4. The Kier molecular flexibility index (Phi) is 8.94. The zero-order valence-corrected chi connectivity index (χ0v) is 15.4. The Morgan fingerprint density at radius 1 is 1.00 bits per heavy atom. The van der Waals surface area contributed by atoms with E-state index in [0.717, 1.165) is 12.1 Å². The summed E-state index contributed by atoms with van der Waals surface area (Å²) in [6, 6.07) is 6.97. The summed E-state index contributed by atoms with van der Waals surface area (Å²) >= 11 is 0. The summed E-state index contributed by atoms with van der Waals surface area (Å²) < 4.78 is 15.3. The highest BCUT2D eigenvalue weighted by Crippen LogP contribution is 2.10. The van der Waals surface area contributed by atoms with Gasteiger partial charge in [0.25, 0.3) is 0 Å². The molecule has 25 heavy (non-hydrogen) atoms. The molecule has 0 unspecified atom stereocenters. The first-order valence-corrected chi connectivity index (χ1v) is 8.25. The van der Waals surface area contributed by atoms with E-state index < -0.39 is 6.09 Å². The van der Waals surface area contributed by atoms with Crippen molar-refractivity contribution in [2.45, 2.75) is 39.8 Å². The van der Waals surface area contributed by atoms with Gasteiger partial charge < -0.3 is 19.5 Å². The summed E-state index contributed by atoms with van der Waals surface area (Å²) in [6.45, 7) is 9.67. The number of benzene rings is 1. The van der Waals surface area contributed by atoms with Gasteiger partial charge in [-0.1, -0.05) is 12.1 Å². The van der Waals surface area contributed by atoms with Crippen molar-refractivity contribution in [3.05, 3.63) is 29.8 Å². The fourth-order valence-electron chi connectivity index (χ4n) is 1.82. The number of rotatable bonds is 9. The van der Waals surface area contributed by atoms with Crippen LogP contribution in [0, 0.1) is 0 Å². The minimum atomic E-state index is -0.538. The van der Waals surface area contributed by atoms with Gasteiger partial charge in [0.1, 0.15) is 13.2 Å². The van der Waals surface area contributed by atoms with Gasteiger partial charge in [-0.05, 0) is 38.5 Å². The second kappa shape index (κ2) is 10.7. The zero-order chi connectivity index (χ0) is 18.7. The third-order valence-electron chi connectivity index (χ3n) is 3.00. The first kappa shape index (κ1) is 20.9. The molecule has 0 heterocycles. The van der Waals surface area contributed by atoms with E-state index in [9.17, 15) is 9.59 Å². The van der Waals surface area contributed by atoms with Crippen LogP contribution in [-0.2, 0) is 25.6 Å². The van der Waals surface area contributed by atoms with Gasteiger partial charge in [0, 0.05) is 24.7 Å². The van der Waals surface area contributed by atoms with E-state index in [0.29, 0.717) is 18.9 Å². The van der Waals surface area contributed by atoms with Crippen molar-refractivity contribution in [1.82, 2.24) is 5.32 Å². The van der Waals surface area contributed by atoms with Crippen molar-refractivity contribution in [1.29, 1.82) is 0 Å². The van der Waals surface area contributed by atoms with E-state index in [4.69, 9.17) is 14.2 Å². The lowest BCUT2D eigenvalue weighted by atomic mass is 10.1. The lowest BCUT2D eigenvalue weighted by molar-refractivity contribution is -0.142. The van der Waals surface area contributed by atoms with E-state index >= 15 is 0 Å². The molecule has 1 amide bonds. The van der Waals surface area contributed by atoms with Crippen LogP contribution in [0.4, 0.5) is 10.5 Å². The number of hydrogen-bond donors (Lipinski definition) is 2. The standard InChI is InChI=1S/C18H28N2O5/c1-14(21)25-13-15-5-7-16(8-6-15)20-17(22)24-12-11-23-10-9-19-18(2,3)4/h5-8,19H,9-13H2,1-4H3,(H,20,22). The van der Waals surface area contributed by atoms with Crippen molar-refractivity contribution >= 4 is 17.7 Å². The minimum absolute atomic E-state index is 0.0630. The number of ether oxygens (including phenoxy) is 3. The summed E-state index contributed by atoms with van der Waals surface area (Å²) in [5.74, 6) is -0.331. The number of anilines is 1. The molecule has 0 atom stereocenters. The van der Waals surface area contributed by atoms with Crippen molar-refractivity contribution in [2.75, 3.05) is 31.7 Å². The maximum atomic E-state index is 11.7. The summed E-state index contributed by atoms with van der Waals surface area (Å²) in [7, 11) is 0. The number of hydrogen-bond acceptors (Lipinski definition) is 6. The average molecular weight is 352 g/mol. The molecule has 0 spiro atoms. The average Bonchev–Trinajstić information content (AvgIpc) is 2.52. The highest BCUT2D eigenvalue weighted by molar-refractivity contribution is 5.84. The molecule has 2 N–H and O–H groups in total. The molecule has 1 rings (SSSR count). The predicted octanol–water partition coefficient (Wildman–Crippen LogP) is 2.70. The predicted molar refractivity (Wildman–Crippen MR) is 95.5 cm³/mol. The number of carbonyl (C=O) groups excluding carboxylic acids is 2. The summed E-state index contributed by atoms with van der Waals surface area (Å²) in [5.41, 5.74) is 1.51. The Labute approximate surface area is 149 Å². The maximum absolute atomic E-state index is 11.7. The Morgan fingerprint density at radius 3 is 2.28 bits per heavy atom. The molecule has 0 saturated heterocycles. The minimum Gasteiger partial charge on any atom is -0.461 e. The molecule has 0 aromatic heterocycles. The Balaban J connectivity index is 2.14. The van der Waals surface area contributed by atoms with Crippen LogP contribution >= 0.6 is 0 Å². The molecule has 7 heteroatoms. The molecule has 0 aliphatic carbocycles. The van der Waals surface area contributed by atoms with E-state index in [1.807, 2.05) is 0 Å². The maximum Gasteiger partial charge on any atom is 0.411 e. The summed E-state index contributed by atoms with van der Waals surface area (Å²) in [5, 5.41) is 5.92. The molecular weight excluding hydrogens is 324 g/mol. The quantitative estimate of drug-likeness (QED) is 0.525. The molecule has 0 fully saturated rings. The van der Waals surface area contributed by atoms with Gasteiger partial charge in [-0.2, -0.15) is 0 Å². The highest BCUT2D eigenvalue weighted by Gasteiger charge is 2.07. The van der Waals surface area contributed by atoms with Crippen molar-refractivity contribution in [3.8, 4) is 0 Å². The molecule has 0 saturated carbocycles. The molecule has 0 radical (unpaired) electrons. The van der Waals surface area contributed by atoms with Gasteiger partial charge in [0.2, 0.25) is 0 Å². The molecule has 0 aliphatic rings. The third-order valence-corrected chi connectivity index (χ3v) is 3.00. The van der Waals surface area contributed by atoms with Gasteiger partial charge in [0.05, 0.1) is 13.2 Å². The van der Waals surface area contributed by atoms with Crippen LogP contribution in [0.3, 0.4) is 0 Å². The van der Waals surface area contributed by atoms with Crippen molar-refractivity contribution in [2.24, 2.45) is 0 Å². The SMILES string of the molecule is CC(=O)OCc1ccc(NC(=O)OCCOCCNC(C)(C)C)cc1. The van der Waals surface area contributed by atoms with E-state index in [1.165, 1.54) is 6.92 Å². The highest BCUT2D eigenvalue weighted by atomic mass is 16.6. The molecule has 140 valence electrons. The smallest absolute Gasteiger partial charge is 0.411 e. The Hall–Kier alpha value is -2.12. The number of carbonyl (C=O) groups is 2. The number of nitrogens with one attached hydrogen (secondary N) is 2. The first-order chi connectivity index (χ1) is 11.8. The summed E-state index contributed by atoms with van der Waals surface area (Å²) in [6.07, 6.45) is -0.538. The number of esters is 1. The van der Waals surface area contributed by atoms with Crippen LogP contribution in [0.15, 0.2) is 24.3 Å². The first-order valence-electron chi connectivity index (χ1n) is 8.25. The molecule has 0 aliphatic heterocycles. The molecule has 1 aromatic carbocycles. The van der Waals surface area contributed by atoms with E-state index in [-0.39, 0.29) is 24.7 Å². The van der Waals surface area contributed by atoms with Crippen LogP contribution in [-0.4, -0.2) is 44.0 Å². The molecule has 1 aromatic rings. The van der Waals surface area contributed by atoms with Crippen LogP contribution < -0.4 is 10.6 Å². The van der Waals surface area contributed by atoms with Gasteiger partial charge in [0.15, 0.2) is 0 Å². The second-order valence-corrected chi connectivity index (χ2v) is 6.53. The van der Waals surface area contributed by atoms with Gasteiger partial charge in [-0.15, -0.1) is 0 Å². The fourth-order valence-corrected chi connectivity index (χ4v) is 1.82. The van der Waals surface area contributed by atoms with Crippen molar-refractivity contribution in [3.63, 3.8) is 0 Å². The van der Waals surface area contributed by atoms with Crippen LogP contribution in [0.25, 0.3) is 0 Å². The molecule has 0 bridgehead atoms. The summed E-state index contributed by atoms with van der Waals surface area (Å²) in [4.78, 5) is 22.4. The van der Waals surface area contributed by atoms with E-state index in [2.05, 4.69) is 31.4 Å². The van der Waals surface area contributed by atoms with E-state index in [1.54, 1.807) is 24.3 Å². The largest absolute Gasteiger partial charge is 0.461 e. The number of amides is 1. The topological polar surface area (TPSA) is 85.9 Å². The van der Waals surface area contributed by atoms with Gasteiger partial charge in [-0.3, -0.25) is 10.1 Å². The lowest BCUT2D eigenvalue weighted by Crippen LogP contribution is -2.38. The fraction of sp³-hybridized carbons (Fsp3) is 0.556. The van der Waals surface area contributed by atoms with Crippen LogP contribution in [0.2, 0.25) is 0 Å². The normalized spacial score (nSPS) is 11.0. The van der Waals surface area contributed by atoms with Gasteiger partial charge in [-0.25, -0.2) is 4.79 Å². The second-order valence-electron chi connectivity index (χ2n) is 6.53. The Bertz CT molecular complexity index is 537. The van der Waals surface area contributed by atoms with Crippen LogP contribution in [0.5, 0.6) is 0 Å². The van der Waals surface area contributed by atoms with Gasteiger partial charge >= 0.3 is 12.1 Å². The Morgan fingerprint density at radius 2 is 1.68 bits per heavy atom.